The fourth-order valence-corrected chi connectivity index (χ4v) is 4.42. The number of hydrogen-bond acceptors (Lipinski definition) is 3. The molecule has 0 aliphatic carbocycles. The van der Waals surface area contributed by atoms with Crippen molar-refractivity contribution in [1.82, 2.24) is 9.80 Å². The first kappa shape index (κ1) is 13.8. The number of hydrogen-bond donors (Lipinski definition) is 1. The SMILES string of the molecule is CC[N+]1(c2ccccc2)CCCC1=C1SC(=S)NC1=O. The minimum atomic E-state index is -0.0243. The van der Waals surface area contributed by atoms with Crippen LogP contribution in [0.15, 0.2) is 40.9 Å². The van der Waals surface area contributed by atoms with Gasteiger partial charge in [0, 0.05) is 12.8 Å². The third kappa shape index (κ3) is 2.10. The van der Waals surface area contributed by atoms with Gasteiger partial charge in [0.05, 0.1) is 13.1 Å². The van der Waals surface area contributed by atoms with E-state index in [1.807, 2.05) is 6.07 Å². The second kappa shape index (κ2) is 5.31. The molecule has 1 atom stereocenters. The highest BCUT2D eigenvalue weighted by atomic mass is 32.2. The Bertz CT molecular complexity index is 597. The Kier molecular flexibility index (Phi) is 3.67. The van der Waals surface area contributed by atoms with Gasteiger partial charge in [-0.3, -0.25) is 9.28 Å². The molecule has 2 fully saturated rings. The number of thioether (sulfide) groups is 1. The molecule has 20 heavy (non-hydrogen) atoms. The van der Waals surface area contributed by atoms with E-state index in [4.69, 9.17) is 12.2 Å². The number of quaternary nitrogens is 1. The molecule has 1 amide bonds. The summed E-state index contributed by atoms with van der Waals surface area (Å²) < 4.78 is 1.37. The standard InChI is InChI=1S/C15H16N2OS2/c1-2-17(11-7-4-3-5-8-11)10-6-9-12(17)13-14(18)16-15(19)20-13/h3-5,7-8H,2,6,9-10H2,1H3/p+1. The van der Waals surface area contributed by atoms with Crippen LogP contribution in [0.2, 0.25) is 0 Å². The first-order valence-electron chi connectivity index (χ1n) is 6.87. The van der Waals surface area contributed by atoms with E-state index in [0.29, 0.717) is 4.32 Å². The Morgan fingerprint density at radius 1 is 1.35 bits per heavy atom. The van der Waals surface area contributed by atoms with Gasteiger partial charge < -0.3 is 5.32 Å². The third-order valence-electron chi connectivity index (χ3n) is 4.14. The predicted octanol–water partition coefficient (Wildman–Crippen LogP) is 3.17. The highest BCUT2D eigenvalue weighted by molar-refractivity contribution is 8.26. The van der Waals surface area contributed by atoms with Crippen molar-refractivity contribution in [2.75, 3.05) is 13.1 Å². The maximum atomic E-state index is 12.1. The fraction of sp³-hybridized carbons (Fsp3) is 0.333. The lowest BCUT2D eigenvalue weighted by molar-refractivity contribution is -0.115. The quantitative estimate of drug-likeness (QED) is 0.517. The predicted molar refractivity (Wildman–Crippen MR) is 88.2 cm³/mol. The largest absolute Gasteiger partial charge is 0.307 e. The van der Waals surface area contributed by atoms with Crippen molar-refractivity contribution in [2.45, 2.75) is 19.8 Å². The summed E-state index contributed by atoms with van der Waals surface area (Å²) in [7, 11) is 0. The van der Waals surface area contributed by atoms with Crippen LogP contribution in [0, 0.1) is 0 Å². The summed E-state index contributed by atoms with van der Waals surface area (Å²) in [4.78, 5) is 12.9. The number of carbonyl (C=O) groups is 1. The molecular weight excluding hydrogens is 288 g/mol. The maximum absolute atomic E-state index is 12.1. The van der Waals surface area contributed by atoms with Crippen molar-refractivity contribution in [2.24, 2.45) is 0 Å². The molecular formula is C15H17N2OS2+. The molecule has 0 spiro atoms. The highest BCUT2D eigenvalue weighted by Gasteiger charge is 2.43. The van der Waals surface area contributed by atoms with Gasteiger partial charge in [0.2, 0.25) is 0 Å². The van der Waals surface area contributed by atoms with Gasteiger partial charge in [-0.15, -0.1) is 0 Å². The maximum Gasteiger partial charge on any atom is 0.269 e. The molecule has 0 saturated carbocycles. The second-order valence-corrected chi connectivity index (χ2v) is 6.75. The average molecular weight is 305 g/mol. The van der Waals surface area contributed by atoms with E-state index < -0.39 is 0 Å². The smallest absolute Gasteiger partial charge is 0.269 e. The van der Waals surface area contributed by atoms with Crippen molar-refractivity contribution < 1.29 is 4.79 Å². The zero-order chi connectivity index (χ0) is 14.2. The van der Waals surface area contributed by atoms with E-state index in [0.717, 1.165) is 35.3 Å². The summed E-state index contributed by atoms with van der Waals surface area (Å²) in [6, 6.07) is 10.5. The zero-order valence-corrected chi connectivity index (χ0v) is 13.0. The number of nitrogens with zero attached hydrogens (tertiary/aromatic N) is 1. The van der Waals surface area contributed by atoms with Gasteiger partial charge >= 0.3 is 0 Å². The summed E-state index contributed by atoms with van der Waals surface area (Å²) >= 11 is 6.54. The molecule has 5 heteroatoms. The Morgan fingerprint density at radius 3 is 2.70 bits per heavy atom. The van der Waals surface area contributed by atoms with Crippen LogP contribution in [0.3, 0.4) is 0 Å². The van der Waals surface area contributed by atoms with Crippen molar-refractivity contribution in [1.29, 1.82) is 0 Å². The Balaban J connectivity index is 2.14. The third-order valence-corrected chi connectivity index (χ3v) is 5.40. The van der Waals surface area contributed by atoms with Crippen LogP contribution in [-0.4, -0.2) is 23.3 Å². The van der Waals surface area contributed by atoms with Gasteiger partial charge in [-0.25, -0.2) is 0 Å². The molecule has 0 bridgehead atoms. The number of rotatable bonds is 2. The molecule has 1 aromatic carbocycles. The summed E-state index contributed by atoms with van der Waals surface area (Å²) in [5.74, 6) is -0.0243. The van der Waals surface area contributed by atoms with E-state index in [1.165, 1.54) is 23.1 Å². The van der Waals surface area contributed by atoms with E-state index in [2.05, 4.69) is 36.5 Å². The molecule has 0 radical (unpaired) electrons. The van der Waals surface area contributed by atoms with Crippen LogP contribution in [0.1, 0.15) is 19.8 Å². The van der Waals surface area contributed by atoms with Gasteiger partial charge in [0.25, 0.3) is 5.91 Å². The first-order valence-corrected chi connectivity index (χ1v) is 8.09. The van der Waals surface area contributed by atoms with Gasteiger partial charge in [-0.2, -0.15) is 0 Å². The lowest BCUT2D eigenvalue weighted by Gasteiger charge is -2.34. The van der Waals surface area contributed by atoms with Crippen molar-refractivity contribution in [3.63, 3.8) is 0 Å². The van der Waals surface area contributed by atoms with E-state index in [1.54, 1.807) is 0 Å². The first-order chi connectivity index (χ1) is 9.67. The van der Waals surface area contributed by atoms with Crippen LogP contribution in [0.25, 0.3) is 0 Å². The van der Waals surface area contributed by atoms with Crippen LogP contribution in [0.5, 0.6) is 0 Å². The highest BCUT2D eigenvalue weighted by Crippen LogP contribution is 2.42. The van der Waals surface area contributed by atoms with E-state index in [9.17, 15) is 4.79 Å². The lowest BCUT2D eigenvalue weighted by atomic mass is 10.2. The van der Waals surface area contributed by atoms with Crippen LogP contribution < -0.4 is 9.80 Å². The molecule has 104 valence electrons. The van der Waals surface area contributed by atoms with Gasteiger partial charge in [-0.05, 0) is 30.8 Å². The van der Waals surface area contributed by atoms with Gasteiger partial charge in [-0.1, -0.05) is 30.4 Å². The van der Waals surface area contributed by atoms with E-state index >= 15 is 0 Å². The number of nitrogens with one attached hydrogen (secondary N) is 1. The fourth-order valence-electron chi connectivity index (χ4n) is 3.21. The molecule has 2 aliphatic rings. The summed E-state index contributed by atoms with van der Waals surface area (Å²) in [5.41, 5.74) is 2.49. The van der Waals surface area contributed by atoms with Crippen molar-refractivity contribution >= 4 is 39.9 Å². The minimum absolute atomic E-state index is 0.0243. The van der Waals surface area contributed by atoms with Crippen LogP contribution in [-0.2, 0) is 4.79 Å². The molecule has 1 aromatic rings. The number of thiocarbonyl (C=S) groups is 1. The molecule has 2 heterocycles. The molecule has 3 nitrogen and oxygen atoms in total. The number of amides is 1. The summed E-state index contributed by atoms with van der Waals surface area (Å²) in [6.45, 7) is 4.21. The molecule has 2 saturated heterocycles. The van der Waals surface area contributed by atoms with Gasteiger partial charge in [0.15, 0.2) is 0 Å². The summed E-state index contributed by atoms with van der Waals surface area (Å²) in [6.07, 6.45) is 2.09. The van der Waals surface area contributed by atoms with Gasteiger partial charge in [0.1, 0.15) is 20.6 Å². The van der Waals surface area contributed by atoms with Crippen molar-refractivity contribution in [3.8, 4) is 0 Å². The molecule has 1 N–H and O–H groups in total. The minimum Gasteiger partial charge on any atom is -0.307 e. The second-order valence-electron chi connectivity index (χ2n) is 5.07. The number of likely N-dealkylation sites (tertiary alicyclic amines) is 1. The molecule has 2 aliphatic heterocycles. The Morgan fingerprint density at radius 2 is 2.10 bits per heavy atom. The van der Waals surface area contributed by atoms with Crippen LogP contribution >= 0.6 is 24.0 Å². The summed E-state index contributed by atoms with van der Waals surface area (Å²) in [5, 5.41) is 2.74. The average Bonchev–Trinajstić information content (AvgIpc) is 3.03. The number of carbonyl (C=O) groups excluding carboxylic acids is 1. The van der Waals surface area contributed by atoms with E-state index in [-0.39, 0.29) is 5.91 Å². The molecule has 3 rings (SSSR count). The van der Waals surface area contributed by atoms with Crippen LogP contribution in [0.4, 0.5) is 5.69 Å². The van der Waals surface area contributed by atoms with Crippen molar-refractivity contribution in [3.05, 3.63) is 40.9 Å². The Hall–Kier alpha value is -1.17. The monoisotopic (exact) mass is 305 g/mol. The number of allylic oxidation sites excluding steroid dienone is 1. The molecule has 1 unspecified atom stereocenters. The lowest BCUT2D eigenvalue weighted by Crippen LogP contribution is -2.45. The Labute approximate surface area is 128 Å². The topological polar surface area (TPSA) is 29.1 Å². The number of para-hydroxylation sites is 1. The zero-order valence-electron chi connectivity index (χ0n) is 11.4. The normalized spacial score (nSPS) is 29.9. The molecule has 0 aromatic heterocycles. The number of benzene rings is 1.